The average molecular weight is 450 g/mol. The second kappa shape index (κ2) is 10.1. The van der Waals surface area contributed by atoms with Crippen molar-refractivity contribution < 1.29 is 19.1 Å². The third-order valence-electron chi connectivity index (χ3n) is 6.34. The Bertz CT molecular complexity index is 1130. The first kappa shape index (κ1) is 22.9. The van der Waals surface area contributed by atoms with Crippen molar-refractivity contribution in [2.45, 2.75) is 32.9 Å². The van der Waals surface area contributed by atoms with Gasteiger partial charge in [-0.2, -0.15) is 0 Å². The summed E-state index contributed by atoms with van der Waals surface area (Å²) in [5.74, 6) is 0.471. The van der Waals surface area contributed by atoms with Crippen LogP contribution >= 0.6 is 0 Å². The minimum absolute atomic E-state index is 0.103. The molecule has 0 saturated carbocycles. The van der Waals surface area contributed by atoms with Gasteiger partial charge in [-0.1, -0.05) is 30.3 Å². The smallest absolute Gasteiger partial charge is 0.340 e. The lowest BCUT2D eigenvalue weighted by Gasteiger charge is -2.23. The topological polar surface area (TPSA) is 74.9 Å². The van der Waals surface area contributed by atoms with Crippen molar-refractivity contribution in [1.29, 1.82) is 0 Å². The molecular formula is C26H31N3O4. The molecule has 33 heavy (non-hydrogen) atoms. The number of esters is 1. The van der Waals surface area contributed by atoms with Crippen LogP contribution in [0.4, 0.5) is 0 Å². The van der Waals surface area contributed by atoms with Crippen molar-refractivity contribution in [3.8, 4) is 5.75 Å². The van der Waals surface area contributed by atoms with Crippen molar-refractivity contribution in [2.75, 3.05) is 33.3 Å². The first-order chi connectivity index (χ1) is 15.9. The van der Waals surface area contributed by atoms with E-state index in [0.717, 1.165) is 54.0 Å². The van der Waals surface area contributed by atoms with Gasteiger partial charge < -0.3 is 19.4 Å². The Morgan fingerprint density at radius 1 is 1.18 bits per heavy atom. The lowest BCUT2D eigenvalue weighted by molar-refractivity contribution is -0.129. The van der Waals surface area contributed by atoms with E-state index in [1.165, 1.54) is 0 Å². The predicted octanol–water partition coefficient (Wildman–Crippen LogP) is 3.76. The molecule has 0 radical (unpaired) electrons. The van der Waals surface area contributed by atoms with E-state index in [4.69, 9.17) is 9.47 Å². The zero-order valence-corrected chi connectivity index (χ0v) is 19.5. The number of likely N-dealkylation sites (tertiary alicyclic amines) is 1. The van der Waals surface area contributed by atoms with Crippen LogP contribution in [0.3, 0.4) is 0 Å². The summed E-state index contributed by atoms with van der Waals surface area (Å²) in [4.78, 5) is 31.8. The lowest BCUT2D eigenvalue weighted by Crippen LogP contribution is -2.38. The first-order valence-electron chi connectivity index (χ1n) is 11.3. The molecule has 3 aromatic rings. The Hall–Kier alpha value is -3.32. The second-order valence-electron chi connectivity index (χ2n) is 8.62. The van der Waals surface area contributed by atoms with Crippen LogP contribution in [0.1, 0.15) is 35.0 Å². The average Bonchev–Trinajstić information content (AvgIpc) is 3.41. The molecule has 1 aliphatic rings. The Labute approximate surface area is 194 Å². The van der Waals surface area contributed by atoms with Gasteiger partial charge in [-0.05, 0) is 37.1 Å². The third-order valence-corrected chi connectivity index (χ3v) is 6.34. The Balaban J connectivity index is 1.36. The molecule has 174 valence electrons. The number of carbonyl (C=O) groups excluding carboxylic acids is 2. The summed E-state index contributed by atoms with van der Waals surface area (Å²) < 4.78 is 11.6. The molecule has 1 fully saturated rings. The van der Waals surface area contributed by atoms with Crippen LogP contribution in [-0.2, 0) is 16.1 Å². The minimum Gasteiger partial charge on any atom is -0.492 e. The number of fused-ring (bicyclic) bond motifs is 1. The van der Waals surface area contributed by atoms with Crippen LogP contribution in [0.5, 0.6) is 5.75 Å². The standard InChI is InChI=1S/C26H31N3O4/c1-18-25(26(31)33-17-20-7-5-4-6-8-20)23-15-22(9-10-24(23)27-18)32-14-13-29-12-11-21(16-29)28(3)19(2)30/h4-10,15,21,27H,11-14,16-17H2,1-3H3. The molecule has 1 atom stereocenters. The number of rotatable bonds is 8. The summed E-state index contributed by atoms with van der Waals surface area (Å²) in [7, 11) is 1.86. The number of nitrogens with one attached hydrogen (secondary N) is 1. The van der Waals surface area contributed by atoms with Gasteiger partial charge in [0, 0.05) is 56.2 Å². The van der Waals surface area contributed by atoms with Crippen molar-refractivity contribution in [3.05, 3.63) is 65.4 Å². The van der Waals surface area contributed by atoms with E-state index >= 15 is 0 Å². The molecule has 1 aromatic heterocycles. The molecule has 1 unspecified atom stereocenters. The van der Waals surface area contributed by atoms with Crippen LogP contribution < -0.4 is 4.74 Å². The van der Waals surface area contributed by atoms with Crippen molar-refractivity contribution >= 4 is 22.8 Å². The highest BCUT2D eigenvalue weighted by molar-refractivity contribution is 6.05. The maximum Gasteiger partial charge on any atom is 0.340 e. The van der Waals surface area contributed by atoms with Crippen molar-refractivity contribution in [2.24, 2.45) is 0 Å². The Morgan fingerprint density at radius 3 is 2.73 bits per heavy atom. The molecule has 2 aromatic carbocycles. The second-order valence-corrected chi connectivity index (χ2v) is 8.62. The van der Waals surface area contributed by atoms with Crippen molar-refractivity contribution in [1.82, 2.24) is 14.8 Å². The van der Waals surface area contributed by atoms with E-state index < -0.39 is 0 Å². The van der Waals surface area contributed by atoms with Gasteiger partial charge in [0.05, 0.1) is 5.56 Å². The summed E-state index contributed by atoms with van der Waals surface area (Å²) in [6, 6.07) is 15.7. The number of ether oxygens (including phenoxy) is 2. The molecule has 1 saturated heterocycles. The number of likely N-dealkylation sites (N-methyl/N-ethyl adjacent to an activating group) is 1. The number of benzene rings is 2. The number of hydrogen-bond acceptors (Lipinski definition) is 5. The molecule has 1 aliphatic heterocycles. The summed E-state index contributed by atoms with van der Waals surface area (Å²) >= 11 is 0. The summed E-state index contributed by atoms with van der Waals surface area (Å²) in [6.07, 6.45) is 0.985. The van der Waals surface area contributed by atoms with Gasteiger partial charge >= 0.3 is 5.97 Å². The summed E-state index contributed by atoms with van der Waals surface area (Å²) in [5.41, 5.74) is 3.14. The van der Waals surface area contributed by atoms with Crippen LogP contribution in [-0.4, -0.2) is 66.0 Å². The van der Waals surface area contributed by atoms with Gasteiger partial charge in [-0.3, -0.25) is 9.69 Å². The molecule has 0 aliphatic carbocycles. The van der Waals surface area contributed by atoms with Crippen LogP contribution in [0.25, 0.3) is 10.9 Å². The van der Waals surface area contributed by atoms with E-state index in [2.05, 4.69) is 9.88 Å². The third kappa shape index (κ3) is 5.37. The van der Waals surface area contributed by atoms with Gasteiger partial charge in [0.2, 0.25) is 5.91 Å². The predicted molar refractivity (Wildman–Crippen MR) is 127 cm³/mol. The van der Waals surface area contributed by atoms with E-state index in [9.17, 15) is 9.59 Å². The maximum absolute atomic E-state index is 12.8. The number of H-pyrrole nitrogens is 1. The molecule has 1 N–H and O–H groups in total. The van der Waals surface area contributed by atoms with Gasteiger partial charge in [0.25, 0.3) is 0 Å². The van der Waals surface area contributed by atoms with E-state index in [-0.39, 0.29) is 24.5 Å². The van der Waals surface area contributed by atoms with Crippen LogP contribution in [0.2, 0.25) is 0 Å². The largest absolute Gasteiger partial charge is 0.492 e. The number of aromatic amines is 1. The lowest BCUT2D eigenvalue weighted by atomic mass is 10.1. The number of hydrogen-bond donors (Lipinski definition) is 1. The fourth-order valence-corrected chi connectivity index (χ4v) is 4.33. The Morgan fingerprint density at radius 2 is 1.97 bits per heavy atom. The number of aryl methyl sites for hydroxylation is 1. The molecule has 7 nitrogen and oxygen atoms in total. The van der Waals surface area contributed by atoms with Crippen LogP contribution in [0, 0.1) is 6.92 Å². The highest BCUT2D eigenvalue weighted by Gasteiger charge is 2.26. The molecule has 2 heterocycles. The zero-order chi connectivity index (χ0) is 23.4. The van der Waals surface area contributed by atoms with Gasteiger partial charge in [-0.15, -0.1) is 0 Å². The van der Waals surface area contributed by atoms with Gasteiger partial charge in [0.1, 0.15) is 19.0 Å². The quantitative estimate of drug-likeness (QED) is 0.530. The maximum atomic E-state index is 12.8. The SMILES string of the molecule is CC(=O)N(C)C1CCN(CCOc2ccc3[nH]c(C)c(C(=O)OCc4ccccc4)c3c2)C1. The number of nitrogens with zero attached hydrogens (tertiary/aromatic N) is 2. The van der Waals surface area contributed by atoms with E-state index in [1.807, 2.05) is 67.4 Å². The van der Waals surface area contributed by atoms with Crippen LogP contribution in [0.15, 0.2) is 48.5 Å². The highest BCUT2D eigenvalue weighted by Crippen LogP contribution is 2.27. The first-order valence-corrected chi connectivity index (χ1v) is 11.3. The molecule has 7 heteroatoms. The fourth-order valence-electron chi connectivity index (χ4n) is 4.33. The Kier molecular flexibility index (Phi) is 6.99. The fraction of sp³-hybridized carbons (Fsp3) is 0.385. The van der Waals surface area contributed by atoms with Gasteiger partial charge in [-0.25, -0.2) is 4.79 Å². The zero-order valence-electron chi connectivity index (χ0n) is 19.5. The number of carbonyl (C=O) groups is 2. The van der Waals surface area contributed by atoms with E-state index in [0.29, 0.717) is 12.2 Å². The minimum atomic E-state index is -0.350. The molecular weight excluding hydrogens is 418 g/mol. The number of aromatic nitrogens is 1. The normalized spacial score (nSPS) is 16.2. The summed E-state index contributed by atoms with van der Waals surface area (Å²) in [5, 5.41) is 0.799. The van der Waals surface area contributed by atoms with Crippen molar-refractivity contribution in [3.63, 3.8) is 0 Å². The molecule has 4 rings (SSSR count). The number of amides is 1. The summed E-state index contributed by atoms with van der Waals surface area (Å²) in [6.45, 7) is 6.87. The highest BCUT2D eigenvalue weighted by atomic mass is 16.5. The molecule has 1 amide bonds. The molecule has 0 spiro atoms. The molecule has 0 bridgehead atoms. The van der Waals surface area contributed by atoms with Gasteiger partial charge in [0.15, 0.2) is 0 Å². The monoisotopic (exact) mass is 449 g/mol. The van der Waals surface area contributed by atoms with E-state index in [1.54, 1.807) is 6.92 Å².